The zero-order chi connectivity index (χ0) is 39.3. The first-order chi connectivity index (χ1) is 29.7. The topological polar surface area (TPSA) is 56.7 Å². The van der Waals surface area contributed by atoms with Crippen molar-refractivity contribution in [2.75, 3.05) is 0 Å². The zero-order valence-corrected chi connectivity index (χ0v) is 32.2. The van der Waals surface area contributed by atoms with Crippen molar-refractivity contribution in [3.8, 4) is 39.9 Å². The van der Waals surface area contributed by atoms with Gasteiger partial charge in [0.1, 0.15) is 11.2 Å². The van der Waals surface area contributed by atoms with E-state index >= 15 is 0 Å². The Labute approximate surface area is 343 Å². The van der Waals surface area contributed by atoms with Crippen LogP contribution in [-0.2, 0) is 0 Å². The maximum absolute atomic E-state index is 6.71. The van der Waals surface area contributed by atoms with E-state index < -0.39 is 0 Å². The van der Waals surface area contributed by atoms with Crippen LogP contribution in [-0.4, -0.2) is 19.5 Å². The lowest BCUT2D eigenvalue weighted by Gasteiger charge is -2.12. The Hall–Kier alpha value is -8.15. The Morgan fingerprint density at radius 3 is 1.80 bits per heavy atom. The van der Waals surface area contributed by atoms with Gasteiger partial charge in [0, 0.05) is 49.3 Å². The molecule has 13 rings (SSSR count). The second kappa shape index (κ2) is 12.7. The van der Waals surface area contributed by atoms with Gasteiger partial charge in [-0.3, -0.25) is 0 Å². The molecule has 0 spiro atoms. The number of hydrogen-bond donors (Lipinski definition) is 0. The highest BCUT2D eigenvalue weighted by molar-refractivity contribution is 6.24. The van der Waals surface area contributed by atoms with Crippen LogP contribution in [0.15, 0.2) is 199 Å². The maximum Gasteiger partial charge on any atom is 0.164 e. The molecular formula is C55H32N4O. The second-order valence-electron chi connectivity index (χ2n) is 15.6. The van der Waals surface area contributed by atoms with E-state index in [0.717, 1.165) is 65.9 Å². The number of furan rings is 1. The Morgan fingerprint density at radius 1 is 0.350 bits per heavy atom. The third-order valence-corrected chi connectivity index (χ3v) is 12.2. The first kappa shape index (κ1) is 32.9. The average Bonchev–Trinajstić information content (AvgIpc) is 3.86. The summed E-state index contributed by atoms with van der Waals surface area (Å²) in [7, 11) is 0. The van der Waals surface area contributed by atoms with Crippen molar-refractivity contribution in [3.05, 3.63) is 194 Å². The molecule has 60 heavy (non-hydrogen) atoms. The third kappa shape index (κ3) is 4.90. The molecule has 0 saturated heterocycles. The highest BCUT2D eigenvalue weighted by Crippen LogP contribution is 2.43. The van der Waals surface area contributed by atoms with E-state index in [1.54, 1.807) is 0 Å². The largest absolute Gasteiger partial charge is 0.456 e. The molecule has 3 aromatic heterocycles. The fourth-order valence-electron chi connectivity index (χ4n) is 9.43. The molecule has 0 fully saturated rings. The van der Waals surface area contributed by atoms with Crippen molar-refractivity contribution in [2.45, 2.75) is 0 Å². The minimum absolute atomic E-state index is 0.592. The number of rotatable bonds is 4. The van der Waals surface area contributed by atoms with Gasteiger partial charge in [-0.15, -0.1) is 0 Å². The fourth-order valence-corrected chi connectivity index (χ4v) is 9.43. The summed E-state index contributed by atoms with van der Waals surface area (Å²) >= 11 is 0. The molecule has 10 aromatic carbocycles. The highest BCUT2D eigenvalue weighted by atomic mass is 16.3. The van der Waals surface area contributed by atoms with Crippen LogP contribution in [0.1, 0.15) is 0 Å². The summed E-state index contributed by atoms with van der Waals surface area (Å²) in [6.45, 7) is 0. The molecular weight excluding hydrogens is 733 g/mol. The molecule has 278 valence electrons. The van der Waals surface area contributed by atoms with Crippen LogP contribution in [0.25, 0.3) is 127 Å². The Morgan fingerprint density at radius 2 is 0.950 bits per heavy atom. The molecule has 13 aromatic rings. The molecule has 5 nitrogen and oxygen atoms in total. The summed E-state index contributed by atoms with van der Waals surface area (Å²) in [6.07, 6.45) is 0. The lowest BCUT2D eigenvalue weighted by atomic mass is 9.99. The van der Waals surface area contributed by atoms with Crippen molar-refractivity contribution in [2.24, 2.45) is 0 Å². The van der Waals surface area contributed by atoms with Crippen LogP contribution in [0, 0.1) is 0 Å². The van der Waals surface area contributed by atoms with Gasteiger partial charge in [0.05, 0.1) is 11.0 Å². The lowest BCUT2D eigenvalue weighted by molar-refractivity contribution is 0.669. The van der Waals surface area contributed by atoms with Gasteiger partial charge in [0.25, 0.3) is 0 Å². The molecule has 0 radical (unpaired) electrons. The van der Waals surface area contributed by atoms with Crippen LogP contribution in [0.2, 0.25) is 0 Å². The molecule has 0 aliphatic carbocycles. The number of hydrogen-bond acceptors (Lipinski definition) is 4. The summed E-state index contributed by atoms with van der Waals surface area (Å²) in [5, 5.41) is 13.8. The molecule has 5 heteroatoms. The van der Waals surface area contributed by atoms with Gasteiger partial charge in [0.15, 0.2) is 17.5 Å². The minimum Gasteiger partial charge on any atom is -0.456 e. The molecule has 0 unspecified atom stereocenters. The van der Waals surface area contributed by atoms with Gasteiger partial charge < -0.3 is 8.98 Å². The number of benzene rings is 10. The van der Waals surface area contributed by atoms with E-state index in [0.29, 0.717) is 17.5 Å². The molecule has 0 N–H and O–H groups in total. The van der Waals surface area contributed by atoms with Crippen molar-refractivity contribution in [1.82, 2.24) is 19.5 Å². The molecule has 0 aliphatic rings. The Balaban J connectivity index is 1.10. The van der Waals surface area contributed by atoms with Gasteiger partial charge >= 0.3 is 0 Å². The van der Waals surface area contributed by atoms with Crippen LogP contribution >= 0.6 is 0 Å². The fraction of sp³-hybridized carbons (Fsp3) is 0. The summed E-state index contributed by atoms with van der Waals surface area (Å²) < 4.78 is 9.16. The van der Waals surface area contributed by atoms with Crippen molar-refractivity contribution < 1.29 is 4.42 Å². The number of fused-ring (bicyclic) bond motifs is 12. The number of nitrogens with zero attached hydrogens (tertiary/aromatic N) is 4. The molecule has 0 aliphatic heterocycles. The average molecular weight is 765 g/mol. The normalized spacial score (nSPS) is 12.0. The Bertz CT molecular complexity index is 3890. The van der Waals surface area contributed by atoms with Gasteiger partial charge in [-0.2, -0.15) is 0 Å². The monoisotopic (exact) mass is 764 g/mol. The molecule has 3 heterocycles. The molecule has 0 amide bonds. The summed E-state index contributed by atoms with van der Waals surface area (Å²) in [5.74, 6) is 1.83. The first-order valence-corrected chi connectivity index (χ1v) is 20.3. The molecule has 0 atom stereocenters. The zero-order valence-electron chi connectivity index (χ0n) is 32.2. The van der Waals surface area contributed by atoms with E-state index in [9.17, 15) is 0 Å². The van der Waals surface area contributed by atoms with Crippen LogP contribution in [0.5, 0.6) is 0 Å². The van der Waals surface area contributed by atoms with E-state index in [1.165, 1.54) is 43.4 Å². The quantitative estimate of drug-likeness (QED) is 0.179. The molecule has 0 bridgehead atoms. The Kier molecular flexibility index (Phi) is 6.95. The van der Waals surface area contributed by atoms with E-state index in [-0.39, 0.29) is 0 Å². The smallest absolute Gasteiger partial charge is 0.164 e. The molecule has 0 saturated carbocycles. The second-order valence-corrected chi connectivity index (χ2v) is 15.6. The van der Waals surface area contributed by atoms with E-state index in [1.807, 2.05) is 30.3 Å². The van der Waals surface area contributed by atoms with Gasteiger partial charge in [0.2, 0.25) is 0 Å². The van der Waals surface area contributed by atoms with Crippen LogP contribution < -0.4 is 0 Å². The summed E-state index contributed by atoms with van der Waals surface area (Å²) in [6, 6.07) is 68.6. The maximum atomic E-state index is 6.71. The minimum atomic E-state index is 0.592. The predicted molar refractivity (Wildman–Crippen MR) is 248 cm³/mol. The third-order valence-electron chi connectivity index (χ3n) is 12.2. The van der Waals surface area contributed by atoms with Gasteiger partial charge in [-0.1, -0.05) is 158 Å². The summed E-state index contributed by atoms with van der Waals surface area (Å²) in [5.41, 5.74) is 7.81. The predicted octanol–water partition coefficient (Wildman–Crippen LogP) is 14.5. The lowest BCUT2D eigenvalue weighted by Crippen LogP contribution is -2.00. The van der Waals surface area contributed by atoms with Crippen molar-refractivity contribution in [1.29, 1.82) is 0 Å². The number of aromatic nitrogens is 4. The van der Waals surface area contributed by atoms with Crippen LogP contribution in [0.3, 0.4) is 0 Å². The van der Waals surface area contributed by atoms with Crippen molar-refractivity contribution >= 4 is 86.8 Å². The van der Waals surface area contributed by atoms with E-state index in [4.69, 9.17) is 19.4 Å². The van der Waals surface area contributed by atoms with Crippen LogP contribution in [0.4, 0.5) is 0 Å². The van der Waals surface area contributed by atoms with Gasteiger partial charge in [-0.25, -0.2) is 15.0 Å². The van der Waals surface area contributed by atoms with E-state index in [2.05, 4.69) is 168 Å². The van der Waals surface area contributed by atoms with Gasteiger partial charge in [-0.05, 0) is 74.1 Å². The summed E-state index contributed by atoms with van der Waals surface area (Å²) in [4.78, 5) is 15.6. The highest BCUT2D eigenvalue weighted by Gasteiger charge is 2.22. The SMILES string of the molecule is c1ccc(-c2nc(-c3cccc4ccccc34)nc(-c3cccc4oc5ccc6ccc(-n7c8cc9ccccc9cc8c8ccc9ccccc9c87)cc6c5c34)n2)cc1. The van der Waals surface area contributed by atoms with Crippen molar-refractivity contribution in [3.63, 3.8) is 0 Å². The standard InChI is InChI=1S/C55H32N4O/c1-2-14-36(15-3-1)53-56-54(43-21-10-18-33-12-6-8-19-40(33)43)58-55(57-53)44-22-11-23-48-50(44)51-45-32-39(27-24-35(45)26-29-49(51)60-48)59-47-31-38-17-5-4-16-37(38)30-46(47)42-28-25-34-13-7-9-20-41(34)52(42)59/h1-32H. The first-order valence-electron chi connectivity index (χ1n) is 20.3.